The van der Waals surface area contributed by atoms with Crippen LogP contribution in [0.3, 0.4) is 0 Å². The van der Waals surface area contributed by atoms with Gasteiger partial charge in [0.05, 0.1) is 6.61 Å². The summed E-state index contributed by atoms with van der Waals surface area (Å²) in [7, 11) is 1.79. The van der Waals surface area contributed by atoms with Crippen molar-refractivity contribution in [1.29, 1.82) is 0 Å². The van der Waals surface area contributed by atoms with Crippen molar-refractivity contribution >= 4 is 17.7 Å². The molecule has 2 N–H and O–H groups in total. The lowest BCUT2D eigenvalue weighted by atomic mass is 10.3. The summed E-state index contributed by atoms with van der Waals surface area (Å²) >= 11 is 1.82. The number of para-hydroxylation sites is 1. The molecule has 106 valence electrons. The van der Waals surface area contributed by atoms with Crippen LogP contribution in [0.15, 0.2) is 35.3 Å². The van der Waals surface area contributed by atoms with E-state index in [0.717, 1.165) is 37.0 Å². The van der Waals surface area contributed by atoms with E-state index >= 15 is 0 Å². The van der Waals surface area contributed by atoms with Gasteiger partial charge < -0.3 is 15.4 Å². The highest BCUT2D eigenvalue weighted by Crippen LogP contribution is 2.07. The van der Waals surface area contributed by atoms with Crippen LogP contribution in [0.4, 0.5) is 0 Å². The quantitative estimate of drug-likeness (QED) is 0.434. The molecule has 1 aromatic rings. The summed E-state index contributed by atoms with van der Waals surface area (Å²) in [5, 5.41) is 6.52. The lowest BCUT2D eigenvalue weighted by Gasteiger charge is -2.11. The van der Waals surface area contributed by atoms with Crippen molar-refractivity contribution in [2.45, 2.75) is 6.42 Å². The number of thioether (sulfide) groups is 1. The number of nitrogens with zero attached hydrogens (tertiary/aromatic N) is 1. The second-order valence-electron chi connectivity index (χ2n) is 3.93. The number of hydrogen-bond donors (Lipinski definition) is 2. The van der Waals surface area contributed by atoms with Crippen molar-refractivity contribution in [3.05, 3.63) is 30.3 Å². The first-order valence-corrected chi connectivity index (χ1v) is 7.87. The van der Waals surface area contributed by atoms with Crippen LogP contribution in [-0.2, 0) is 0 Å². The summed E-state index contributed by atoms with van der Waals surface area (Å²) in [6.07, 6.45) is 3.04. The average molecular weight is 281 g/mol. The van der Waals surface area contributed by atoms with Gasteiger partial charge >= 0.3 is 0 Å². The Kier molecular flexibility index (Phi) is 8.72. The molecule has 0 heterocycles. The Hall–Kier alpha value is -1.36. The average Bonchev–Trinajstić information content (AvgIpc) is 2.46. The van der Waals surface area contributed by atoms with Gasteiger partial charge in [0.1, 0.15) is 5.75 Å². The molecule has 0 spiro atoms. The fraction of sp³-hybridized carbons (Fsp3) is 0.500. The molecule has 0 atom stereocenters. The molecule has 1 aromatic carbocycles. The summed E-state index contributed by atoms with van der Waals surface area (Å²) in [5.41, 5.74) is 0. The van der Waals surface area contributed by atoms with Gasteiger partial charge in [0.2, 0.25) is 0 Å². The van der Waals surface area contributed by atoms with Gasteiger partial charge in [0, 0.05) is 25.9 Å². The highest BCUT2D eigenvalue weighted by molar-refractivity contribution is 7.98. The van der Waals surface area contributed by atoms with E-state index < -0.39 is 0 Å². The van der Waals surface area contributed by atoms with E-state index in [4.69, 9.17) is 4.74 Å². The van der Waals surface area contributed by atoms with Crippen molar-refractivity contribution < 1.29 is 4.74 Å². The maximum atomic E-state index is 5.62. The van der Waals surface area contributed by atoms with E-state index in [0.29, 0.717) is 6.61 Å². The van der Waals surface area contributed by atoms with E-state index in [1.807, 2.05) is 42.1 Å². The zero-order valence-electron chi connectivity index (χ0n) is 11.7. The largest absolute Gasteiger partial charge is 0.494 e. The first-order valence-electron chi connectivity index (χ1n) is 6.48. The van der Waals surface area contributed by atoms with Crippen molar-refractivity contribution in [2.75, 3.05) is 38.8 Å². The lowest BCUT2D eigenvalue weighted by Crippen LogP contribution is -2.39. The Balaban J connectivity index is 2.06. The second kappa shape index (κ2) is 10.6. The molecule has 0 bridgehead atoms. The van der Waals surface area contributed by atoms with Gasteiger partial charge in [-0.2, -0.15) is 11.8 Å². The van der Waals surface area contributed by atoms with Crippen molar-refractivity contribution in [2.24, 2.45) is 4.99 Å². The van der Waals surface area contributed by atoms with Crippen LogP contribution in [0.2, 0.25) is 0 Å². The predicted molar refractivity (Wildman–Crippen MR) is 84.3 cm³/mol. The number of ether oxygens (including phenoxy) is 1. The van der Waals surface area contributed by atoms with Gasteiger partial charge in [0.15, 0.2) is 5.96 Å². The van der Waals surface area contributed by atoms with E-state index in [9.17, 15) is 0 Å². The molecule has 0 unspecified atom stereocenters. The fourth-order valence-corrected chi connectivity index (χ4v) is 1.78. The van der Waals surface area contributed by atoms with Crippen LogP contribution in [0.5, 0.6) is 5.75 Å². The zero-order valence-corrected chi connectivity index (χ0v) is 12.5. The topological polar surface area (TPSA) is 45.7 Å². The molecule has 0 aliphatic heterocycles. The Morgan fingerprint density at radius 2 is 1.95 bits per heavy atom. The number of aliphatic imine (C=N–C) groups is 1. The Morgan fingerprint density at radius 1 is 1.21 bits per heavy atom. The van der Waals surface area contributed by atoms with Crippen molar-refractivity contribution in [3.63, 3.8) is 0 Å². The maximum absolute atomic E-state index is 5.62. The number of benzene rings is 1. The van der Waals surface area contributed by atoms with Crippen LogP contribution in [0.1, 0.15) is 6.42 Å². The molecule has 19 heavy (non-hydrogen) atoms. The molecule has 1 rings (SSSR count). The van der Waals surface area contributed by atoms with E-state index in [1.54, 1.807) is 7.05 Å². The van der Waals surface area contributed by atoms with E-state index in [2.05, 4.69) is 21.9 Å². The molecule has 0 radical (unpaired) electrons. The molecule has 0 aromatic heterocycles. The minimum Gasteiger partial charge on any atom is -0.494 e. The van der Waals surface area contributed by atoms with Crippen molar-refractivity contribution in [1.82, 2.24) is 10.6 Å². The van der Waals surface area contributed by atoms with Gasteiger partial charge in [-0.05, 0) is 24.8 Å². The first kappa shape index (κ1) is 15.7. The van der Waals surface area contributed by atoms with E-state index in [-0.39, 0.29) is 0 Å². The third kappa shape index (κ3) is 7.62. The number of rotatable bonds is 8. The Labute approximate surface area is 120 Å². The fourth-order valence-electron chi connectivity index (χ4n) is 1.48. The molecular formula is C14H23N3OS. The van der Waals surface area contributed by atoms with Crippen LogP contribution < -0.4 is 15.4 Å². The van der Waals surface area contributed by atoms with Crippen molar-refractivity contribution in [3.8, 4) is 5.75 Å². The summed E-state index contributed by atoms with van der Waals surface area (Å²) in [6.45, 7) is 2.49. The molecular weight excluding hydrogens is 258 g/mol. The molecule has 4 nitrogen and oxygen atoms in total. The van der Waals surface area contributed by atoms with Crippen LogP contribution in [0, 0.1) is 0 Å². The molecule has 0 amide bonds. The summed E-state index contributed by atoms with van der Waals surface area (Å²) in [4.78, 5) is 4.16. The molecule has 0 aliphatic rings. The molecule has 0 saturated carbocycles. The van der Waals surface area contributed by atoms with Gasteiger partial charge in [-0.1, -0.05) is 18.2 Å². The van der Waals surface area contributed by atoms with Crippen LogP contribution in [0.25, 0.3) is 0 Å². The Bertz CT molecular complexity index is 357. The molecule has 5 heteroatoms. The second-order valence-corrected chi connectivity index (χ2v) is 4.92. The summed E-state index contributed by atoms with van der Waals surface area (Å²) < 4.78 is 5.62. The van der Waals surface area contributed by atoms with Gasteiger partial charge in [-0.25, -0.2) is 0 Å². The van der Waals surface area contributed by atoms with Gasteiger partial charge in [-0.15, -0.1) is 0 Å². The minimum atomic E-state index is 0.707. The standard InChI is InChI=1S/C14H23N3OS/c1-15-14(17-10-12-19-2)16-9-6-11-18-13-7-4-3-5-8-13/h3-5,7-8H,6,9-12H2,1-2H3,(H2,15,16,17). The van der Waals surface area contributed by atoms with Crippen LogP contribution in [-0.4, -0.2) is 44.7 Å². The predicted octanol–water partition coefficient (Wildman–Crippen LogP) is 1.98. The monoisotopic (exact) mass is 281 g/mol. The highest BCUT2D eigenvalue weighted by Gasteiger charge is 1.96. The van der Waals surface area contributed by atoms with Gasteiger partial charge in [-0.3, -0.25) is 4.99 Å². The zero-order chi connectivity index (χ0) is 13.8. The number of guanidine groups is 1. The highest BCUT2D eigenvalue weighted by atomic mass is 32.2. The third-order valence-corrected chi connectivity index (χ3v) is 3.06. The Morgan fingerprint density at radius 3 is 2.63 bits per heavy atom. The van der Waals surface area contributed by atoms with E-state index in [1.165, 1.54) is 0 Å². The van der Waals surface area contributed by atoms with Crippen LogP contribution >= 0.6 is 11.8 Å². The third-order valence-electron chi connectivity index (χ3n) is 2.45. The smallest absolute Gasteiger partial charge is 0.191 e. The maximum Gasteiger partial charge on any atom is 0.191 e. The summed E-state index contributed by atoms with van der Waals surface area (Å²) in [6, 6.07) is 9.88. The normalized spacial score (nSPS) is 11.2. The summed E-state index contributed by atoms with van der Waals surface area (Å²) in [5.74, 6) is 2.86. The first-order chi connectivity index (χ1) is 9.36. The number of nitrogens with one attached hydrogen (secondary N) is 2. The SMILES string of the molecule is CN=C(NCCCOc1ccccc1)NCCSC. The number of hydrogen-bond acceptors (Lipinski definition) is 3. The molecule has 0 fully saturated rings. The lowest BCUT2D eigenvalue weighted by molar-refractivity contribution is 0.311. The molecule has 0 saturated heterocycles. The molecule has 0 aliphatic carbocycles. The van der Waals surface area contributed by atoms with Gasteiger partial charge in [0.25, 0.3) is 0 Å². The minimum absolute atomic E-state index is 0.707.